The topological polar surface area (TPSA) is 103 Å². The quantitative estimate of drug-likeness (QED) is 0.369. The Kier molecular flexibility index (Phi) is 7.76. The highest BCUT2D eigenvalue weighted by Gasteiger charge is 2.17. The van der Waals surface area contributed by atoms with Crippen LogP contribution in [0.1, 0.15) is 21.5 Å². The fourth-order valence-corrected chi connectivity index (χ4v) is 2.78. The minimum atomic E-state index is -0.510. The van der Waals surface area contributed by atoms with Gasteiger partial charge in [0.2, 0.25) is 0 Å². The number of ether oxygens (including phenoxy) is 2. The average Bonchev–Trinajstić information content (AvgIpc) is 2.68. The van der Waals surface area contributed by atoms with Crippen LogP contribution in [-0.2, 0) is 11.2 Å². The molecular weight excluding hydrogens is 362 g/mol. The second-order valence-electron chi connectivity index (χ2n) is 6.23. The van der Waals surface area contributed by atoms with Crippen molar-refractivity contribution in [1.82, 2.24) is 5.32 Å². The van der Waals surface area contributed by atoms with Crippen LogP contribution in [0.15, 0.2) is 36.4 Å². The van der Waals surface area contributed by atoms with Gasteiger partial charge in [0.25, 0.3) is 11.6 Å². The number of carbonyl (C=O) groups excluding carboxylic acids is 1. The van der Waals surface area contributed by atoms with Gasteiger partial charge in [0.1, 0.15) is 11.4 Å². The predicted octanol–water partition coefficient (Wildman–Crippen LogP) is 2.94. The molecule has 0 aromatic heterocycles. The van der Waals surface area contributed by atoms with E-state index in [0.29, 0.717) is 31.8 Å². The first-order valence-corrected chi connectivity index (χ1v) is 8.89. The van der Waals surface area contributed by atoms with E-state index >= 15 is 0 Å². The van der Waals surface area contributed by atoms with Crippen molar-refractivity contribution in [2.45, 2.75) is 13.3 Å². The molecule has 0 atom stereocenters. The fraction of sp³-hybridized carbons (Fsp3) is 0.350. The molecule has 0 spiro atoms. The lowest BCUT2D eigenvalue weighted by molar-refractivity contribution is -0.384. The molecule has 2 N–H and O–H groups in total. The molecule has 8 heteroatoms. The third-order valence-electron chi connectivity index (χ3n) is 4.19. The summed E-state index contributed by atoms with van der Waals surface area (Å²) in [6, 6.07) is 10.2. The number of hydrogen-bond donors (Lipinski definition) is 2. The molecule has 2 rings (SSSR count). The summed E-state index contributed by atoms with van der Waals surface area (Å²) in [6.07, 6.45) is 0.593. The Labute approximate surface area is 164 Å². The van der Waals surface area contributed by atoms with Crippen molar-refractivity contribution >= 4 is 17.3 Å². The summed E-state index contributed by atoms with van der Waals surface area (Å²) in [6.45, 7) is 3.23. The lowest BCUT2D eigenvalue weighted by Gasteiger charge is -2.11. The molecule has 0 aliphatic carbocycles. The van der Waals surface area contributed by atoms with Crippen molar-refractivity contribution in [3.05, 3.63) is 63.2 Å². The Balaban J connectivity index is 2.03. The smallest absolute Gasteiger partial charge is 0.293 e. The van der Waals surface area contributed by atoms with Crippen molar-refractivity contribution in [2.75, 3.05) is 39.2 Å². The van der Waals surface area contributed by atoms with Crippen molar-refractivity contribution in [2.24, 2.45) is 0 Å². The molecule has 2 aromatic carbocycles. The first-order valence-electron chi connectivity index (χ1n) is 8.89. The van der Waals surface area contributed by atoms with Crippen LogP contribution in [0.3, 0.4) is 0 Å². The Hall–Kier alpha value is -3.13. The lowest BCUT2D eigenvalue weighted by atomic mass is 10.1. The molecule has 0 saturated carbocycles. The monoisotopic (exact) mass is 387 g/mol. The first kappa shape index (κ1) is 21.2. The highest BCUT2D eigenvalue weighted by atomic mass is 16.6. The van der Waals surface area contributed by atoms with E-state index in [1.807, 2.05) is 25.1 Å². The number of hydrogen-bond acceptors (Lipinski definition) is 6. The van der Waals surface area contributed by atoms with Gasteiger partial charge in [0, 0.05) is 31.8 Å². The number of carbonyl (C=O) groups is 1. The molecular formula is C20H25N3O5. The van der Waals surface area contributed by atoms with Gasteiger partial charge in [-0.05, 0) is 37.1 Å². The van der Waals surface area contributed by atoms with E-state index in [4.69, 9.17) is 9.47 Å². The first-order chi connectivity index (χ1) is 13.5. The van der Waals surface area contributed by atoms with E-state index in [1.165, 1.54) is 12.1 Å². The molecule has 0 heterocycles. The molecule has 0 saturated heterocycles. The van der Waals surface area contributed by atoms with Gasteiger partial charge in [-0.3, -0.25) is 14.9 Å². The highest BCUT2D eigenvalue weighted by molar-refractivity contribution is 5.95. The van der Waals surface area contributed by atoms with Gasteiger partial charge < -0.3 is 20.1 Å². The molecule has 0 unspecified atom stereocenters. The Morgan fingerprint density at radius 3 is 2.61 bits per heavy atom. The third kappa shape index (κ3) is 5.68. The minimum absolute atomic E-state index is 0.149. The molecule has 150 valence electrons. The van der Waals surface area contributed by atoms with Gasteiger partial charge in [0.15, 0.2) is 0 Å². The molecule has 28 heavy (non-hydrogen) atoms. The molecule has 0 bridgehead atoms. The van der Waals surface area contributed by atoms with Gasteiger partial charge in [-0.25, -0.2) is 0 Å². The van der Waals surface area contributed by atoms with E-state index in [9.17, 15) is 14.9 Å². The summed E-state index contributed by atoms with van der Waals surface area (Å²) in [7, 11) is 3.16. The van der Waals surface area contributed by atoms with Crippen molar-refractivity contribution < 1.29 is 19.2 Å². The number of benzene rings is 2. The van der Waals surface area contributed by atoms with Crippen molar-refractivity contribution in [3.63, 3.8) is 0 Å². The molecule has 0 fully saturated rings. The lowest BCUT2D eigenvalue weighted by Crippen LogP contribution is -2.26. The summed E-state index contributed by atoms with van der Waals surface area (Å²) >= 11 is 0. The van der Waals surface area contributed by atoms with Crippen LogP contribution in [0, 0.1) is 17.0 Å². The average molecular weight is 387 g/mol. The number of rotatable bonds is 10. The van der Waals surface area contributed by atoms with Crippen molar-refractivity contribution in [3.8, 4) is 5.75 Å². The SMILES string of the molecule is COCCNc1ccc(C(=O)NCCc2cc(C)ccc2OC)cc1[N+](=O)[O-]. The third-order valence-corrected chi connectivity index (χ3v) is 4.19. The van der Waals surface area contributed by atoms with Gasteiger partial charge >= 0.3 is 0 Å². The number of methoxy groups -OCH3 is 2. The zero-order chi connectivity index (χ0) is 20.5. The molecule has 0 aliphatic rings. The van der Waals surface area contributed by atoms with E-state index < -0.39 is 4.92 Å². The summed E-state index contributed by atoms with van der Waals surface area (Å²) < 4.78 is 10.3. The van der Waals surface area contributed by atoms with E-state index in [2.05, 4.69) is 10.6 Å². The second-order valence-corrected chi connectivity index (χ2v) is 6.23. The maximum Gasteiger partial charge on any atom is 0.293 e. The van der Waals surface area contributed by atoms with Crippen LogP contribution >= 0.6 is 0 Å². The van der Waals surface area contributed by atoms with Gasteiger partial charge in [-0.15, -0.1) is 0 Å². The van der Waals surface area contributed by atoms with Crippen LogP contribution in [0.5, 0.6) is 5.75 Å². The fourth-order valence-electron chi connectivity index (χ4n) is 2.78. The van der Waals surface area contributed by atoms with E-state index in [1.54, 1.807) is 20.3 Å². The number of aryl methyl sites for hydroxylation is 1. The van der Waals surface area contributed by atoms with Crippen LogP contribution in [0.4, 0.5) is 11.4 Å². The van der Waals surface area contributed by atoms with Gasteiger partial charge in [-0.1, -0.05) is 17.7 Å². The minimum Gasteiger partial charge on any atom is -0.496 e. The van der Waals surface area contributed by atoms with Crippen LogP contribution in [-0.4, -0.2) is 44.7 Å². The maximum atomic E-state index is 12.4. The molecule has 1 amide bonds. The number of nitro benzene ring substituents is 1. The molecule has 2 aromatic rings. The summed E-state index contributed by atoms with van der Waals surface area (Å²) in [4.78, 5) is 23.2. The molecule has 0 aliphatic heterocycles. The largest absolute Gasteiger partial charge is 0.496 e. The Bertz CT molecular complexity index is 839. The number of amides is 1. The Morgan fingerprint density at radius 2 is 1.93 bits per heavy atom. The number of anilines is 1. The normalized spacial score (nSPS) is 10.4. The van der Waals surface area contributed by atoms with Crippen LogP contribution < -0.4 is 15.4 Å². The predicted molar refractivity (Wildman–Crippen MR) is 107 cm³/mol. The Morgan fingerprint density at radius 1 is 1.14 bits per heavy atom. The summed E-state index contributed by atoms with van der Waals surface area (Å²) in [5, 5.41) is 17.1. The van der Waals surface area contributed by atoms with Gasteiger partial charge in [0.05, 0.1) is 18.6 Å². The standard InChI is InChI=1S/C20H25N3O5/c1-14-4-7-19(28-3)15(12-14)8-9-22-20(24)16-5-6-17(21-10-11-27-2)18(13-16)23(25)26/h4-7,12-13,21H,8-11H2,1-3H3,(H,22,24). The van der Waals surface area contributed by atoms with Crippen molar-refractivity contribution in [1.29, 1.82) is 0 Å². The number of nitrogens with one attached hydrogen (secondary N) is 2. The van der Waals surface area contributed by atoms with E-state index in [-0.39, 0.29) is 17.2 Å². The maximum absolute atomic E-state index is 12.4. The summed E-state index contributed by atoms with van der Waals surface area (Å²) in [5.41, 5.74) is 2.54. The zero-order valence-electron chi connectivity index (χ0n) is 16.3. The molecule has 0 radical (unpaired) electrons. The number of nitrogens with zero attached hydrogens (tertiary/aromatic N) is 1. The highest BCUT2D eigenvalue weighted by Crippen LogP contribution is 2.25. The second kappa shape index (κ2) is 10.3. The van der Waals surface area contributed by atoms with Crippen LogP contribution in [0.25, 0.3) is 0 Å². The van der Waals surface area contributed by atoms with Crippen LogP contribution in [0.2, 0.25) is 0 Å². The molecule has 8 nitrogen and oxygen atoms in total. The number of nitro groups is 1. The van der Waals surface area contributed by atoms with Gasteiger partial charge in [-0.2, -0.15) is 0 Å². The zero-order valence-corrected chi connectivity index (χ0v) is 16.3. The summed E-state index contributed by atoms with van der Waals surface area (Å²) in [5.74, 6) is 0.403. The van der Waals surface area contributed by atoms with E-state index in [0.717, 1.165) is 16.9 Å².